The van der Waals surface area contributed by atoms with Crippen LogP contribution in [0, 0.1) is 11.3 Å². The monoisotopic (exact) mass is 257 g/mol. The molecule has 0 aromatic rings. The quantitative estimate of drug-likeness (QED) is 0.566. The van der Waals surface area contributed by atoms with Gasteiger partial charge in [-0.25, -0.2) is 9.18 Å². The molecule has 0 aliphatic heterocycles. The van der Waals surface area contributed by atoms with Crippen LogP contribution >= 0.6 is 0 Å². The van der Waals surface area contributed by atoms with Crippen LogP contribution < -0.4 is 0 Å². The number of halogens is 1. The van der Waals surface area contributed by atoms with Crippen LogP contribution in [0.1, 0.15) is 59.8 Å². The summed E-state index contributed by atoms with van der Waals surface area (Å²) in [6.07, 6.45) is 3.40. The number of hydrogen-bond donors (Lipinski definition) is 0. The van der Waals surface area contributed by atoms with Crippen molar-refractivity contribution in [3.8, 4) is 0 Å². The predicted molar refractivity (Wildman–Crippen MR) is 70.1 cm³/mol. The third-order valence-corrected chi connectivity index (χ3v) is 4.17. The van der Waals surface area contributed by atoms with Gasteiger partial charge in [0.15, 0.2) is 6.17 Å². The molecule has 1 unspecified atom stereocenters. The van der Waals surface area contributed by atoms with E-state index in [1.807, 2.05) is 0 Å². The molecule has 1 atom stereocenters. The number of oxime groups is 1. The van der Waals surface area contributed by atoms with E-state index in [-0.39, 0.29) is 0 Å². The van der Waals surface area contributed by atoms with E-state index in [1.165, 1.54) is 6.42 Å². The van der Waals surface area contributed by atoms with Crippen LogP contribution in [0.5, 0.6) is 0 Å². The van der Waals surface area contributed by atoms with Gasteiger partial charge in [-0.15, -0.1) is 0 Å². The second-order valence-electron chi connectivity index (χ2n) is 5.80. The van der Waals surface area contributed by atoms with E-state index in [1.54, 1.807) is 0 Å². The van der Waals surface area contributed by atoms with Crippen molar-refractivity contribution >= 4 is 11.7 Å². The van der Waals surface area contributed by atoms with Crippen molar-refractivity contribution in [2.24, 2.45) is 16.5 Å². The van der Waals surface area contributed by atoms with Crippen LogP contribution in [0.2, 0.25) is 0 Å². The van der Waals surface area contributed by atoms with E-state index in [0.29, 0.717) is 11.3 Å². The zero-order valence-corrected chi connectivity index (χ0v) is 11.8. The molecule has 1 aliphatic carbocycles. The fourth-order valence-corrected chi connectivity index (χ4v) is 2.29. The lowest BCUT2D eigenvalue weighted by Gasteiger charge is -2.36. The summed E-state index contributed by atoms with van der Waals surface area (Å²) < 4.78 is 12.6. The van der Waals surface area contributed by atoms with Crippen molar-refractivity contribution in [3.05, 3.63) is 0 Å². The van der Waals surface area contributed by atoms with E-state index in [0.717, 1.165) is 38.3 Å². The highest BCUT2D eigenvalue weighted by Gasteiger charge is 2.30. The summed E-state index contributed by atoms with van der Waals surface area (Å²) in [7, 11) is 0. The summed E-state index contributed by atoms with van der Waals surface area (Å²) in [5.74, 6) is -0.212. The topological polar surface area (TPSA) is 38.7 Å². The van der Waals surface area contributed by atoms with Crippen molar-refractivity contribution in [1.82, 2.24) is 0 Å². The van der Waals surface area contributed by atoms with Gasteiger partial charge in [-0.3, -0.25) is 0 Å². The molecular weight excluding hydrogens is 233 g/mol. The Kier molecular flexibility index (Phi) is 5.29. The normalized spacial score (nSPS) is 22.5. The van der Waals surface area contributed by atoms with Gasteiger partial charge in [0.2, 0.25) is 0 Å². The molecule has 0 saturated heterocycles. The lowest BCUT2D eigenvalue weighted by Crippen LogP contribution is -2.28. The Morgan fingerprint density at radius 3 is 2.50 bits per heavy atom. The maximum absolute atomic E-state index is 12.6. The Labute approximate surface area is 109 Å². The Balaban J connectivity index is 2.44. The number of rotatable bonds is 4. The maximum atomic E-state index is 12.6. The molecule has 18 heavy (non-hydrogen) atoms. The molecule has 0 radical (unpaired) electrons. The Morgan fingerprint density at radius 1 is 1.50 bits per heavy atom. The van der Waals surface area contributed by atoms with Crippen LogP contribution in [-0.4, -0.2) is 17.9 Å². The third kappa shape index (κ3) is 4.07. The standard InChI is InChI=1S/C14H24FNO2/c1-5-14(3,4)11-6-8-12(9-7-11)16-18-13(17)10(2)15/h10-11H,5-9H2,1-4H3. The SMILES string of the molecule is CCC(C)(C)C1CCC(=NOC(=O)C(C)F)CC1. The Hall–Kier alpha value is -0.930. The molecule has 1 fully saturated rings. The van der Waals surface area contributed by atoms with Gasteiger partial charge in [-0.1, -0.05) is 32.3 Å². The fourth-order valence-electron chi connectivity index (χ4n) is 2.29. The van der Waals surface area contributed by atoms with Gasteiger partial charge in [0, 0.05) is 0 Å². The Morgan fingerprint density at radius 2 is 2.06 bits per heavy atom. The minimum atomic E-state index is -1.61. The van der Waals surface area contributed by atoms with Gasteiger partial charge < -0.3 is 4.84 Å². The molecule has 0 aromatic heterocycles. The van der Waals surface area contributed by atoms with E-state index in [2.05, 4.69) is 30.8 Å². The van der Waals surface area contributed by atoms with Crippen molar-refractivity contribution in [3.63, 3.8) is 0 Å². The molecular formula is C14H24FNO2. The predicted octanol–water partition coefficient (Wildman–Crippen LogP) is 3.87. The summed E-state index contributed by atoms with van der Waals surface area (Å²) in [5, 5.41) is 3.77. The van der Waals surface area contributed by atoms with Gasteiger partial charge in [-0.05, 0) is 43.9 Å². The fraction of sp³-hybridized carbons (Fsp3) is 0.857. The highest BCUT2D eigenvalue weighted by Crippen LogP contribution is 2.39. The van der Waals surface area contributed by atoms with Crippen molar-refractivity contribution in [1.29, 1.82) is 0 Å². The molecule has 1 saturated carbocycles. The maximum Gasteiger partial charge on any atom is 0.368 e. The van der Waals surface area contributed by atoms with Crippen LogP contribution in [-0.2, 0) is 9.63 Å². The molecule has 0 heterocycles. The largest absolute Gasteiger partial charge is 0.368 e. The number of hydrogen-bond acceptors (Lipinski definition) is 3. The molecule has 0 amide bonds. The summed E-state index contributed by atoms with van der Waals surface area (Å²) in [6, 6.07) is 0. The minimum absolute atomic E-state index is 0.357. The number of carbonyl (C=O) groups excluding carboxylic acids is 1. The van der Waals surface area contributed by atoms with Gasteiger partial charge in [0.25, 0.3) is 0 Å². The van der Waals surface area contributed by atoms with Gasteiger partial charge in [-0.2, -0.15) is 0 Å². The number of nitrogens with zero attached hydrogens (tertiary/aromatic N) is 1. The van der Waals surface area contributed by atoms with Gasteiger partial charge in [0.05, 0.1) is 5.71 Å². The highest BCUT2D eigenvalue weighted by molar-refractivity contribution is 5.85. The average Bonchev–Trinajstić information content (AvgIpc) is 2.36. The van der Waals surface area contributed by atoms with Crippen LogP contribution in [0.4, 0.5) is 4.39 Å². The first-order valence-electron chi connectivity index (χ1n) is 6.77. The molecule has 1 aliphatic rings. The third-order valence-electron chi connectivity index (χ3n) is 4.17. The zero-order valence-electron chi connectivity index (χ0n) is 11.8. The summed E-state index contributed by atoms with van der Waals surface area (Å²) in [5.41, 5.74) is 1.24. The second kappa shape index (κ2) is 6.30. The molecule has 0 bridgehead atoms. The van der Waals surface area contributed by atoms with E-state index < -0.39 is 12.1 Å². The first kappa shape index (κ1) is 15.1. The lowest BCUT2D eigenvalue weighted by atomic mass is 9.69. The zero-order chi connectivity index (χ0) is 13.8. The van der Waals surface area contributed by atoms with Gasteiger partial charge in [0.1, 0.15) is 0 Å². The lowest BCUT2D eigenvalue weighted by molar-refractivity contribution is -0.148. The molecule has 0 N–H and O–H groups in total. The van der Waals surface area contributed by atoms with Crippen LogP contribution in [0.15, 0.2) is 5.16 Å². The van der Waals surface area contributed by atoms with E-state index >= 15 is 0 Å². The van der Waals surface area contributed by atoms with E-state index in [9.17, 15) is 9.18 Å². The smallest absolute Gasteiger partial charge is 0.315 e. The van der Waals surface area contributed by atoms with Crippen molar-refractivity contribution in [2.75, 3.05) is 0 Å². The number of alkyl halides is 1. The second-order valence-corrected chi connectivity index (χ2v) is 5.80. The van der Waals surface area contributed by atoms with Crippen LogP contribution in [0.3, 0.4) is 0 Å². The molecule has 3 nitrogen and oxygen atoms in total. The summed E-state index contributed by atoms with van der Waals surface area (Å²) in [6.45, 7) is 7.96. The molecule has 0 aromatic carbocycles. The summed E-state index contributed by atoms with van der Waals surface area (Å²) >= 11 is 0. The highest BCUT2D eigenvalue weighted by atomic mass is 19.1. The molecule has 0 spiro atoms. The van der Waals surface area contributed by atoms with Gasteiger partial charge >= 0.3 is 5.97 Å². The van der Waals surface area contributed by atoms with E-state index in [4.69, 9.17) is 0 Å². The first-order chi connectivity index (χ1) is 8.36. The van der Waals surface area contributed by atoms with Crippen molar-refractivity contribution < 1.29 is 14.0 Å². The molecule has 104 valence electrons. The molecule has 4 heteroatoms. The Bertz CT molecular complexity index is 314. The minimum Gasteiger partial charge on any atom is -0.315 e. The van der Waals surface area contributed by atoms with Crippen LogP contribution in [0.25, 0.3) is 0 Å². The molecule has 1 rings (SSSR count). The number of carbonyl (C=O) groups is 1. The van der Waals surface area contributed by atoms with Crippen molar-refractivity contribution in [2.45, 2.75) is 66.0 Å². The summed E-state index contributed by atoms with van der Waals surface area (Å²) in [4.78, 5) is 15.5. The average molecular weight is 257 g/mol. The first-order valence-corrected chi connectivity index (χ1v) is 6.77.